The fraction of sp³-hybridized carbons (Fsp3) is 0.632. The van der Waals surface area contributed by atoms with Crippen molar-refractivity contribution in [1.29, 1.82) is 0 Å². The predicted octanol–water partition coefficient (Wildman–Crippen LogP) is 6.29. The van der Waals surface area contributed by atoms with Gasteiger partial charge in [0.25, 0.3) is 0 Å². The molecule has 124 valence electrons. The van der Waals surface area contributed by atoms with Crippen molar-refractivity contribution in [3.05, 3.63) is 30.3 Å². The Morgan fingerprint density at radius 3 is 1.95 bits per heavy atom. The number of benzene rings is 1. The SMILES string of the molecule is CCCCCCCCCCCCOC(=S)Oc1ccccc1. The molecule has 0 unspecified atom stereocenters. The summed E-state index contributed by atoms with van der Waals surface area (Å²) in [6, 6.07) is 9.52. The highest BCUT2D eigenvalue weighted by Gasteiger charge is 2.00. The molecular formula is C19H30O2S. The van der Waals surface area contributed by atoms with Crippen molar-refractivity contribution in [2.45, 2.75) is 71.1 Å². The average Bonchev–Trinajstić information content (AvgIpc) is 2.53. The van der Waals surface area contributed by atoms with E-state index >= 15 is 0 Å². The van der Waals surface area contributed by atoms with Crippen molar-refractivity contribution < 1.29 is 9.47 Å². The molecule has 0 aliphatic heterocycles. The Labute approximate surface area is 141 Å². The maximum Gasteiger partial charge on any atom is 0.357 e. The second kappa shape index (κ2) is 13.6. The van der Waals surface area contributed by atoms with Crippen LogP contribution in [-0.4, -0.2) is 11.8 Å². The van der Waals surface area contributed by atoms with Gasteiger partial charge in [-0.05, 0) is 18.6 Å². The summed E-state index contributed by atoms with van der Waals surface area (Å²) < 4.78 is 10.8. The maximum atomic E-state index is 5.43. The molecule has 0 heterocycles. The predicted molar refractivity (Wildman–Crippen MR) is 97.5 cm³/mol. The van der Waals surface area contributed by atoms with Crippen molar-refractivity contribution in [1.82, 2.24) is 0 Å². The van der Waals surface area contributed by atoms with Gasteiger partial charge in [-0.1, -0.05) is 82.9 Å². The lowest BCUT2D eigenvalue weighted by Gasteiger charge is -2.08. The van der Waals surface area contributed by atoms with Crippen LogP contribution in [0.3, 0.4) is 0 Å². The van der Waals surface area contributed by atoms with Gasteiger partial charge < -0.3 is 9.47 Å². The van der Waals surface area contributed by atoms with Gasteiger partial charge in [0.15, 0.2) is 0 Å². The molecule has 0 N–H and O–H groups in total. The number of ether oxygens (including phenoxy) is 2. The molecule has 2 nitrogen and oxygen atoms in total. The summed E-state index contributed by atoms with van der Waals surface area (Å²) in [5.41, 5.74) is 0. The summed E-state index contributed by atoms with van der Waals surface area (Å²) in [7, 11) is 0. The molecule has 0 radical (unpaired) electrons. The van der Waals surface area contributed by atoms with Crippen molar-refractivity contribution in [2.75, 3.05) is 6.61 Å². The molecule has 0 amide bonds. The van der Waals surface area contributed by atoms with Crippen LogP contribution < -0.4 is 4.74 Å². The number of unbranched alkanes of at least 4 members (excludes halogenated alkanes) is 9. The number of rotatable bonds is 12. The van der Waals surface area contributed by atoms with Gasteiger partial charge in [0.05, 0.1) is 6.61 Å². The normalized spacial score (nSPS) is 10.4. The van der Waals surface area contributed by atoms with Crippen LogP contribution in [0, 0.1) is 0 Å². The molecular weight excluding hydrogens is 292 g/mol. The molecule has 3 heteroatoms. The van der Waals surface area contributed by atoms with Crippen LogP contribution in [0.4, 0.5) is 0 Å². The topological polar surface area (TPSA) is 18.5 Å². The number of hydrogen-bond donors (Lipinski definition) is 0. The Morgan fingerprint density at radius 1 is 0.818 bits per heavy atom. The van der Waals surface area contributed by atoms with Gasteiger partial charge in [0.1, 0.15) is 5.75 Å². The first-order valence-electron chi connectivity index (χ1n) is 8.72. The maximum absolute atomic E-state index is 5.43. The van der Waals surface area contributed by atoms with Crippen LogP contribution in [0.15, 0.2) is 30.3 Å². The summed E-state index contributed by atoms with van der Waals surface area (Å²) in [6.45, 7) is 2.92. The zero-order chi connectivity index (χ0) is 15.9. The third-order valence-corrected chi connectivity index (χ3v) is 3.86. The fourth-order valence-electron chi connectivity index (χ4n) is 2.36. The molecule has 1 rings (SSSR count). The van der Waals surface area contributed by atoms with E-state index < -0.39 is 0 Å². The van der Waals surface area contributed by atoms with Crippen molar-refractivity contribution in [3.8, 4) is 5.75 Å². The Morgan fingerprint density at radius 2 is 1.36 bits per heavy atom. The van der Waals surface area contributed by atoms with Gasteiger partial charge in [0.2, 0.25) is 0 Å². The molecule has 22 heavy (non-hydrogen) atoms. The highest BCUT2D eigenvalue weighted by molar-refractivity contribution is 7.79. The largest absolute Gasteiger partial charge is 0.457 e. The summed E-state index contributed by atoms with van der Waals surface area (Å²) in [5, 5.41) is 0.224. The van der Waals surface area contributed by atoms with Crippen molar-refractivity contribution >= 4 is 17.5 Å². The minimum absolute atomic E-state index is 0.224. The third-order valence-electron chi connectivity index (χ3n) is 3.66. The Hall–Kier alpha value is -1.09. The second-order valence-corrected chi connectivity index (χ2v) is 6.03. The quantitative estimate of drug-likeness (QED) is 0.333. The van der Waals surface area contributed by atoms with Gasteiger partial charge in [-0.25, -0.2) is 0 Å². The summed E-state index contributed by atoms with van der Waals surface area (Å²) in [4.78, 5) is 0. The van der Waals surface area contributed by atoms with E-state index in [2.05, 4.69) is 6.92 Å². The number of hydrogen-bond acceptors (Lipinski definition) is 3. The Balaban J connectivity index is 1.86. The van der Waals surface area contributed by atoms with Crippen LogP contribution in [0.5, 0.6) is 5.75 Å². The average molecular weight is 323 g/mol. The van der Waals surface area contributed by atoms with E-state index in [1.165, 1.54) is 57.8 Å². The minimum Gasteiger partial charge on any atom is -0.457 e. The summed E-state index contributed by atoms with van der Waals surface area (Å²) in [6.07, 6.45) is 13.2. The van der Waals surface area contributed by atoms with Crippen LogP contribution in [0.25, 0.3) is 0 Å². The first kappa shape index (κ1) is 19.0. The summed E-state index contributed by atoms with van der Waals surface area (Å²) >= 11 is 5.06. The van der Waals surface area contributed by atoms with Crippen LogP contribution in [-0.2, 0) is 4.74 Å². The first-order chi connectivity index (χ1) is 10.8. The number of thiocarbonyl (C=S) groups is 1. The first-order valence-corrected chi connectivity index (χ1v) is 9.13. The molecule has 0 aliphatic carbocycles. The van der Waals surface area contributed by atoms with Gasteiger partial charge in [0, 0.05) is 12.2 Å². The van der Waals surface area contributed by atoms with E-state index in [0.29, 0.717) is 6.61 Å². The molecule has 0 saturated carbocycles. The third kappa shape index (κ3) is 10.6. The minimum atomic E-state index is 0.224. The molecule has 0 aliphatic rings. The standard InChI is InChI=1S/C19H30O2S/c1-2-3-4-5-6-7-8-9-10-14-17-20-19(22)21-18-15-12-11-13-16-18/h11-13,15-16H,2-10,14,17H2,1H3. The molecule has 0 atom stereocenters. The molecule has 0 spiro atoms. The molecule has 0 bridgehead atoms. The lowest BCUT2D eigenvalue weighted by molar-refractivity contribution is 0.240. The lowest BCUT2D eigenvalue weighted by atomic mass is 10.1. The van der Waals surface area contributed by atoms with E-state index in [4.69, 9.17) is 21.7 Å². The Bertz CT molecular complexity index is 378. The monoisotopic (exact) mass is 322 g/mol. The van der Waals surface area contributed by atoms with Crippen molar-refractivity contribution in [2.24, 2.45) is 0 Å². The molecule has 0 fully saturated rings. The van der Waals surface area contributed by atoms with E-state index in [9.17, 15) is 0 Å². The fourth-order valence-corrected chi connectivity index (χ4v) is 2.54. The highest BCUT2D eigenvalue weighted by Crippen LogP contribution is 2.11. The molecule has 0 aromatic heterocycles. The van der Waals surface area contributed by atoms with Gasteiger partial charge in [-0.3, -0.25) is 0 Å². The van der Waals surface area contributed by atoms with Gasteiger partial charge in [-0.15, -0.1) is 0 Å². The van der Waals surface area contributed by atoms with Gasteiger partial charge >= 0.3 is 5.24 Å². The molecule has 1 aromatic rings. The van der Waals surface area contributed by atoms with Crippen LogP contribution in [0.2, 0.25) is 0 Å². The van der Waals surface area contributed by atoms with E-state index in [-0.39, 0.29) is 5.24 Å². The van der Waals surface area contributed by atoms with Crippen molar-refractivity contribution in [3.63, 3.8) is 0 Å². The Kier molecular flexibility index (Phi) is 11.7. The van der Waals surface area contributed by atoms with Gasteiger partial charge in [-0.2, -0.15) is 0 Å². The molecule has 0 saturated heterocycles. The van der Waals surface area contributed by atoms with E-state index in [0.717, 1.165) is 12.2 Å². The van der Waals surface area contributed by atoms with Crippen LogP contribution >= 0.6 is 12.2 Å². The smallest absolute Gasteiger partial charge is 0.357 e. The highest BCUT2D eigenvalue weighted by atomic mass is 32.1. The number of para-hydroxylation sites is 1. The summed E-state index contributed by atoms with van der Waals surface area (Å²) in [5.74, 6) is 0.732. The van der Waals surface area contributed by atoms with E-state index in [1.807, 2.05) is 30.3 Å². The van der Waals surface area contributed by atoms with Crippen LogP contribution in [0.1, 0.15) is 71.1 Å². The zero-order valence-corrected chi connectivity index (χ0v) is 14.7. The lowest BCUT2D eigenvalue weighted by Crippen LogP contribution is -2.10. The molecule has 1 aromatic carbocycles. The van der Waals surface area contributed by atoms with E-state index in [1.54, 1.807) is 0 Å². The zero-order valence-electron chi connectivity index (χ0n) is 13.9. The second-order valence-electron chi connectivity index (χ2n) is 5.70.